The number of aromatic nitrogens is 1. The molecule has 0 bridgehead atoms. The highest BCUT2D eigenvalue weighted by Gasteiger charge is 2.13. The molecule has 124 valence electrons. The fourth-order valence-electron chi connectivity index (χ4n) is 2.17. The van der Waals surface area contributed by atoms with Crippen LogP contribution in [0, 0.1) is 5.82 Å². The molecule has 0 saturated heterocycles. The Balaban J connectivity index is 2.06. The van der Waals surface area contributed by atoms with Crippen LogP contribution in [0.4, 0.5) is 14.9 Å². The van der Waals surface area contributed by atoms with Crippen LogP contribution in [0.15, 0.2) is 42.7 Å². The Labute approximate surface area is 138 Å². The van der Waals surface area contributed by atoms with Crippen LogP contribution in [0.5, 0.6) is 0 Å². The van der Waals surface area contributed by atoms with Crippen LogP contribution in [-0.4, -0.2) is 40.4 Å². The molecule has 1 atom stereocenters. The van der Waals surface area contributed by atoms with Crippen molar-refractivity contribution in [1.82, 2.24) is 9.88 Å². The van der Waals surface area contributed by atoms with E-state index in [0.29, 0.717) is 12.2 Å². The number of benzene rings is 1. The van der Waals surface area contributed by atoms with Crippen LogP contribution in [0.1, 0.15) is 6.42 Å². The summed E-state index contributed by atoms with van der Waals surface area (Å²) in [6.45, 7) is -0.0109. The summed E-state index contributed by atoms with van der Waals surface area (Å²) in [6.07, 6.45) is 6.06. The first-order chi connectivity index (χ1) is 11.1. The van der Waals surface area contributed by atoms with Crippen LogP contribution in [-0.2, 0) is 0 Å². The van der Waals surface area contributed by atoms with Gasteiger partial charge in [-0.2, -0.15) is 11.8 Å². The van der Waals surface area contributed by atoms with Crippen LogP contribution < -0.4 is 10.6 Å². The van der Waals surface area contributed by atoms with E-state index in [9.17, 15) is 9.18 Å². The molecule has 0 saturated carbocycles. The standard InChI is InChI=1S/C16H20FN3O2S/c1-23-11-12(6-9-21)18-16(22)19-15-10-13(4-5-14(15)17)20-7-2-3-8-20/h2-5,7-8,10,12,21H,6,9,11H2,1H3,(H2,18,19,22). The third kappa shape index (κ3) is 5.01. The van der Waals surface area contributed by atoms with E-state index >= 15 is 0 Å². The molecule has 2 amide bonds. The van der Waals surface area contributed by atoms with E-state index in [1.807, 2.05) is 35.3 Å². The number of nitrogens with zero attached hydrogens (tertiary/aromatic N) is 1. The van der Waals surface area contributed by atoms with Gasteiger partial charge in [0, 0.05) is 36.5 Å². The van der Waals surface area contributed by atoms with Gasteiger partial charge in [-0.1, -0.05) is 0 Å². The number of anilines is 1. The first-order valence-electron chi connectivity index (χ1n) is 7.24. The molecular weight excluding hydrogens is 317 g/mol. The number of thioether (sulfide) groups is 1. The van der Waals surface area contributed by atoms with Crippen molar-refractivity contribution in [1.29, 1.82) is 0 Å². The lowest BCUT2D eigenvalue weighted by Gasteiger charge is -2.17. The highest BCUT2D eigenvalue weighted by atomic mass is 32.2. The number of hydrogen-bond donors (Lipinski definition) is 3. The maximum atomic E-state index is 13.9. The molecule has 0 aliphatic rings. The van der Waals surface area contributed by atoms with Gasteiger partial charge < -0.3 is 20.3 Å². The Morgan fingerprint density at radius 3 is 2.78 bits per heavy atom. The Morgan fingerprint density at radius 2 is 2.13 bits per heavy atom. The summed E-state index contributed by atoms with van der Waals surface area (Å²) in [5.74, 6) is 0.180. The number of nitrogens with one attached hydrogen (secondary N) is 2. The SMILES string of the molecule is CSCC(CCO)NC(=O)Nc1cc(-n2cccc2)ccc1F. The number of carbonyl (C=O) groups is 1. The minimum absolute atomic E-state index is 0.0109. The zero-order chi connectivity index (χ0) is 16.7. The van der Waals surface area contributed by atoms with Gasteiger partial charge in [-0.25, -0.2) is 9.18 Å². The van der Waals surface area contributed by atoms with Crippen molar-refractivity contribution in [2.24, 2.45) is 0 Å². The van der Waals surface area contributed by atoms with Crippen molar-refractivity contribution >= 4 is 23.5 Å². The van der Waals surface area contributed by atoms with Crippen molar-refractivity contribution < 1.29 is 14.3 Å². The van der Waals surface area contributed by atoms with E-state index in [0.717, 1.165) is 5.69 Å². The molecule has 1 heterocycles. The third-order valence-corrected chi connectivity index (χ3v) is 4.02. The Morgan fingerprint density at radius 1 is 1.39 bits per heavy atom. The van der Waals surface area contributed by atoms with Crippen molar-refractivity contribution in [2.75, 3.05) is 23.9 Å². The summed E-state index contributed by atoms with van der Waals surface area (Å²) in [7, 11) is 0. The molecule has 0 aliphatic heterocycles. The molecule has 2 aromatic rings. The number of hydrogen-bond acceptors (Lipinski definition) is 3. The summed E-state index contributed by atoms with van der Waals surface area (Å²) in [6, 6.07) is 7.62. The molecule has 0 spiro atoms. The zero-order valence-electron chi connectivity index (χ0n) is 12.8. The van der Waals surface area contributed by atoms with Crippen LogP contribution in [0.3, 0.4) is 0 Å². The maximum Gasteiger partial charge on any atom is 0.319 e. The molecule has 5 nitrogen and oxygen atoms in total. The van der Waals surface area contributed by atoms with E-state index in [2.05, 4.69) is 10.6 Å². The number of halogens is 1. The van der Waals surface area contributed by atoms with Gasteiger partial charge in [-0.05, 0) is 43.0 Å². The lowest BCUT2D eigenvalue weighted by atomic mass is 10.2. The van der Waals surface area contributed by atoms with Gasteiger partial charge in [-0.15, -0.1) is 0 Å². The molecule has 1 aromatic heterocycles. The van der Waals surface area contributed by atoms with Gasteiger partial charge >= 0.3 is 6.03 Å². The number of amides is 2. The number of carbonyl (C=O) groups excluding carboxylic acids is 1. The van der Waals surface area contributed by atoms with Gasteiger partial charge in [-0.3, -0.25) is 0 Å². The van der Waals surface area contributed by atoms with Crippen molar-refractivity contribution in [3.8, 4) is 5.69 Å². The minimum atomic E-state index is -0.500. The van der Waals surface area contributed by atoms with Gasteiger partial charge in [0.25, 0.3) is 0 Å². The van der Waals surface area contributed by atoms with E-state index in [4.69, 9.17) is 5.11 Å². The summed E-state index contributed by atoms with van der Waals surface area (Å²) in [5, 5.41) is 14.3. The number of aliphatic hydroxyl groups is 1. The third-order valence-electron chi connectivity index (χ3n) is 3.28. The topological polar surface area (TPSA) is 66.3 Å². The van der Waals surface area contributed by atoms with E-state index in [-0.39, 0.29) is 18.3 Å². The van der Waals surface area contributed by atoms with E-state index in [1.165, 1.54) is 6.07 Å². The second-order valence-electron chi connectivity index (χ2n) is 5.02. The lowest BCUT2D eigenvalue weighted by Crippen LogP contribution is -2.40. The fourth-order valence-corrected chi connectivity index (χ4v) is 2.83. The summed E-state index contributed by atoms with van der Waals surface area (Å²) in [5.41, 5.74) is 0.864. The summed E-state index contributed by atoms with van der Waals surface area (Å²) < 4.78 is 15.7. The van der Waals surface area contributed by atoms with Gasteiger partial charge in [0.2, 0.25) is 0 Å². The van der Waals surface area contributed by atoms with Crippen LogP contribution >= 0.6 is 11.8 Å². The quantitative estimate of drug-likeness (QED) is 0.728. The number of urea groups is 1. The molecule has 0 fully saturated rings. The molecule has 23 heavy (non-hydrogen) atoms. The molecule has 1 unspecified atom stereocenters. The number of aliphatic hydroxyl groups excluding tert-OH is 1. The van der Waals surface area contributed by atoms with Crippen LogP contribution in [0.25, 0.3) is 5.69 Å². The molecule has 0 aliphatic carbocycles. The smallest absolute Gasteiger partial charge is 0.319 e. The van der Waals surface area contributed by atoms with Crippen LogP contribution in [0.2, 0.25) is 0 Å². The molecule has 3 N–H and O–H groups in total. The molecule has 2 rings (SSSR count). The maximum absolute atomic E-state index is 13.9. The van der Waals surface area contributed by atoms with Gasteiger partial charge in [0.05, 0.1) is 5.69 Å². The fraction of sp³-hybridized carbons (Fsp3) is 0.312. The minimum Gasteiger partial charge on any atom is -0.396 e. The zero-order valence-corrected chi connectivity index (χ0v) is 13.6. The monoisotopic (exact) mass is 337 g/mol. The highest BCUT2D eigenvalue weighted by molar-refractivity contribution is 7.98. The molecule has 7 heteroatoms. The first kappa shape index (κ1) is 17.4. The molecule has 1 aromatic carbocycles. The predicted octanol–water partition coefficient (Wildman–Crippen LogP) is 2.85. The van der Waals surface area contributed by atoms with Crippen molar-refractivity contribution in [3.63, 3.8) is 0 Å². The average Bonchev–Trinajstić information content (AvgIpc) is 3.04. The van der Waals surface area contributed by atoms with Crippen molar-refractivity contribution in [2.45, 2.75) is 12.5 Å². The van der Waals surface area contributed by atoms with Gasteiger partial charge in [0.1, 0.15) is 5.82 Å². The second-order valence-corrected chi connectivity index (χ2v) is 5.93. The van der Waals surface area contributed by atoms with E-state index < -0.39 is 11.8 Å². The Kier molecular flexibility index (Phi) is 6.49. The normalized spacial score (nSPS) is 12.0. The second kappa shape index (κ2) is 8.59. The van der Waals surface area contributed by atoms with E-state index in [1.54, 1.807) is 23.9 Å². The highest BCUT2D eigenvalue weighted by Crippen LogP contribution is 2.19. The Bertz CT molecular complexity index is 628. The average molecular weight is 337 g/mol. The van der Waals surface area contributed by atoms with Gasteiger partial charge in [0.15, 0.2) is 0 Å². The lowest BCUT2D eigenvalue weighted by molar-refractivity contribution is 0.241. The first-order valence-corrected chi connectivity index (χ1v) is 8.63. The largest absolute Gasteiger partial charge is 0.396 e. The molecule has 0 radical (unpaired) electrons. The summed E-state index contributed by atoms with van der Waals surface area (Å²) >= 11 is 1.57. The van der Waals surface area contributed by atoms with Crippen molar-refractivity contribution in [3.05, 3.63) is 48.5 Å². The summed E-state index contributed by atoms with van der Waals surface area (Å²) in [4.78, 5) is 12.0. The number of rotatable bonds is 7. The Hall–Kier alpha value is -1.99. The predicted molar refractivity (Wildman–Crippen MR) is 91.8 cm³/mol. The molecular formula is C16H20FN3O2S.